The summed E-state index contributed by atoms with van der Waals surface area (Å²) in [5.41, 5.74) is 8.86. The largest absolute Gasteiger partial charge is 0.489 e. The van der Waals surface area contributed by atoms with Crippen molar-refractivity contribution in [2.75, 3.05) is 0 Å². The molecule has 1 N–H and O–H groups in total. The predicted octanol–water partition coefficient (Wildman–Crippen LogP) is 8.77. The minimum Gasteiger partial charge on any atom is -0.489 e. The average molecular weight is 531 g/mol. The Morgan fingerprint density at radius 2 is 1.68 bits per heavy atom. The number of carbonyl (C=O) groups is 1. The van der Waals surface area contributed by atoms with Crippen LogP contribution in [0.1, 0.15) is 65.2 Å². The van der Waals surface area contributed by atoms with Crippen molar-refractivity contribution in [2.24, 2.45) is 0 Å². The first-order valence-electron chi connectivity index (χ1n) is 14.1. The number of hydrogen-bond acceptors (Lipinski definition) is 3. The van der Waals surface area contributed by atoms with Gasteiger partial charge in [0.1, 0.15) is 18.2 Å². The van der Waals surface area contributed by atoms with Gasteiger partial charge in [0.2, 0.25) is 0 Å². The van der Waals surface area contributed by atoms with Crippen molar-refractivity contribution < 1.29 is 14.6 Å². The number of aryl methyl sites for hydroxylation is 2. The van der Waals surface area contributed by atoms with Gasteiger partial charge >= 0.3 is 5.97 Å². The topological polar surface area (TPSA) is 64.3 Å². The highest BCUT2D eigenvalue weighted by Gasteiger charge is 2.24. The van der Waals surface area contributed by atoms with Crippen LogP contribution in [0.4, 0.5) is 0 Å². The van der Waals surface area contributed by atoms with Crippen molar-refractivity contribution in [3.8, 4) is 28.3 Å². The Bertz CT molecular complexity index is 1680. The molecule has 1 aromatic heterocycles. The minimum absolute atomic E-state index is 0.263. The van der Waals surface area contributed by atoms with Crippen molar-refractivity contribution >= 4 is 17.0 Å². The molecule has 0 atom stereocenters. The van der Waals surface area contributed by atoms with E-state index in [-0.39, 0.29) is 5.56 Å². The van der Waals surface area contributed by atoms with E-state index in [0.717, 1.165) is 52.1 Å². The molecule has 0 saturated heterocycles. The van der Waals surface area contributed by atoms with Gasteiger partial charge in [0.25, 0.3) is 0 Å². The Kier molecular flexibility index (Phi) is 7.12. The molecule has 1 saturated carbocycles. The van der Waals surface area contributed by atoms with Gasteiger partial charge in [-0.15, -0.1) is 0 Å². The van der Waals surface area contributed by atoms with E-state index in [1.54, 1.807) is 12.1 Å². The monoisotopic (exact) mass is 530 g/mol. The van der Waals surface area contributed by atoms with Gasteiger partial charge in [-0.25, -0.2) is 9.78 Å². The van der Waals surface area contributed by atoms with E-state index in [1.807, 2.05) is 12.1 Å². The molecule has 6 rings (SSSR count). The van der Waals surface area contributed by atoms with Crippen LogP contribution in [0.25, 0.3) is 33.5 Å². The normalized spacial score (nSPS) is 13.9. The van der Waals surface area contributed by atoms with E-state index < -0.39 is 5.97 Å². The highest BCUT2D eigenvalue weighted by atomic mass is 16.5. The predicted molar refractivity (Wildman–Crippen MR) is 160 cm³/mol. The fourth-order valence-corrected chi connectivity index (χ4v) is 5.93. The number of benzene rings is 4. The van der Waals surface area contributed by atoms with E-state index in [2.05, 4.69) is 79.1 Å². The minimum atomic E-state index is -0.933. The summed E-state index contributed by atoms with van der Waals surface area (Å²) in [6, 6.07) is 28.8. The molecule has 0 aliphatic heterocycles. The number of aromatic nitrogens is 2. The van der Waals surface area contributed by atoms with E-state index in [1.165, 1.54) is 36.0 Å². The fourth-order valence-electron chi connectivity index (χ4n) is 5.93. The maximum Gasteiger partial charge on any atom is 0.335 e. The molecule has 1 heterocycles. The second kappa shape index (κ2) is 11.0. The van der Waals surface area contributed by atoms with E-state index in [4.69, 9.17) is 9.72 Å². The Morgan fingerprint density at radius 1 is 0.900 bits per heavy atom. The molecule has 1 aliphatic carbocycles. The van der Waals surface area contributed by atoms with Crippen LogP contribution >= 0.6 is 0 Å². The molecule has 0 bridgehead atoms. The molecule has 5 heteroatoms. The van der Waals surface area contributed by atoms with Crippen molar-refractivity contribution in [1.82, 2.24) is 9.55 Å². The summed E-state index contributed by atoms with van der Waals surface area (Å²) in [6.07, 6.45) is 5.89. The lowest BCUT2D eigenvalue weighted by Crippen LogP contribution is -2.14. The molecule has 1 fully saturated rings. The lowest BCUT2D eigenvalue weighted by molar-refractivity contribution is 0.0697. The molecule has 1 aliphatic rings. The highest BCUT2D eigenvalue weighted by molar-refractivity contribution is 5.93. The van der Waals surface area contributed by atoms with Gasteiger partial charge in [-0.3, -0.25) is 0 Å². The standard InChI is InChI=1S/C35H34N2O3/c1-23-12-14-25(15-13-23)31-11-7-6-8-27(31)22-40-29-17-18-30(24(2)20-29)34-36-32-21-26(35(38)39)16-19-33(32)37(34)28-9-4-3-5-10-28/h6-8,11-21,28H,3-5,9-10,22H2,1-2H3,(H,38,39). The summed E-state index contributed by atoms with van der Waals surface area (Å²) >= 11 is 0. The lowest BCUT2D eigenvalue weighted by atomic mass is 9.94. The third kappa shape index (κ3) is 5.12. The van der Waals surface area contributed by atoms with Gasteiger partial charge in [-0.1, -0.05) is 73.4 Å². The third-order valence-electron chi connectivity index (χ3n) is 8.09. The first kappa shape index (κ1) is 25.9. The average Bonchev–Trinajstić information content (AvgIpc) is 3.35. The third-order valence-corrected chi connectivity index (χ3v) is 8.09. The molecule has 5 aromatic rings. The maximum atomic E-state index is 11.6. The number of hydrogen-bond donors (Lipinski definition) is 1. The number of aromatic carboxylic acids is 1. The second-order valence-electron chi connectivity index (χ2n) is 10.9. The zero-order valence-electron chi connectivity index (χ0n) is 23.1. The molecule has 40 heavy (non-hydrogen) atoms. The summed E-state index contributed by atoms with van der Waals surface area (Å²) in [6.45, 7) is 4.67. The zero-order valence-corrected chi connectivity index (χ0v) is 23.1. The van der Waals surface area contributed by atoms with Crippen LogP contribution in [0.3, 0.4) is 0 Å². The second-order valence-corrected chi connectivity index (χ2v) is 10.9. The van der Waals surface area contributed by atoms with Gasteiger partial charge in [0, 0.05) is 11.6 Å². The van der Waals surface area contributed by atoms with Crippen LogP contribution < -0.4 is 4.74 Å². The van der Waals surface area contributed by atoms with Crippen LogP contribution in [0.5, 0.6) is 5.75 Å². The Morgan fingerprint density at radius 3 is 2.42 bits per heavy atom. The van der Waals surface area contributed by atoms with E-state index in [0.29, 0.717) is 12.6 Å². The maximum absolute atomic E-state index is 11.6. The molecule has 0 amide bonds. The molecule has 4 aromatic carbocycles. The smallest absolute Gasteiger partial charge is 0.335 e. The number of carboxylic acids is 1. The molecule has 202 valence electrons. The molecule has 0 spiro atoms. The number of fused-ring (bicyclic) bond motifs is 1. The summed E-state index contributed by atoms with van der Waals surface area (Å²) in [5, 5.41) is 9.54. The SMILES string of the molecule is Cc1ccc(-c2ccccc2COc2ccc(-c3nc4cc(C(=O)O)ccc4n3C3CCCCC3)c(C)c2)cc1. The van der Waals surface area contributed by atoms with Gasteiger partial charge in [0.15, 0.2) is 0 Å². The number of rotatable bonds is 7. The lowest BCUT2D eigenvalue weighted by Gasteiger charge is -2.26. The number of ether oxygens (including phenoxy) is 1. The Balaban J connectivity index is 1.31. The van der Waals surface area contributed by atoms with Gasteiger partial charge in [0.05, 0.1) is 16.6 Å². The first-order chi connectivity index (χ1) is 19.5. The number of carboxylic acid groups (broad SMARTS) is 1. The quantitative estimate of drug-likeness (QED) is 0.228. The highest BCUT2D eigenvalue weighted by Crippen LogP contribution is 2.38. The fraction of sp³-hybridized carbons (Fsp3) is 0.257. The van der Waals surface area contributed by atoms with Gasteiger partial charge < -0.3 is 14.4 Å². The number of nitrogens with zero attached hydrogens (tertiary/aromatic N) is 2. The Labute approximate surface area is 235 Å². The summed E-state index contributed by atoms with van der Waals surface area (Å²) in [5.74, 6) is 0.781. The van der Waals surface area contributed by atoms with Crippen molar-refractivity contribution in [2.45, 2.75) is 58.6 Å². The summed E-state index contributed by atoms with van der Waals surface area (Å²) in [7, 11) is 0. The van der Waals surface area contributed by atoms with E-state index >= 15 is 0 Å². The summed E-state index contributed by atoms with van der Waals surface area (Å²) < 4.78 is 8.65. The zero-order chi connectivity index (χ0) is 27.6. The van der Waals surface area contributed by atoms with Gasteiger partial charge in [-0.05, 0) is 85.3 Å². The van der Waals surface area contributed by atoms with Crippen LogP contribution in [0.15, 0.2) is 84.9 Å². The molecular weight excluding hydrogens is 496 g/mol. The van der Waals surface area contributed by atoms with Gasteiger partial charge in [-0.2, -0.15) is 0 Å². The molecular formula is C35H34N2O3. The van der Waals surface area contributed by atoms with Crippen LogP contribution in [0, 0.1) is 13.8 Å². The summed E-state index contributed by atoms with van der Waals surface area (Å²) in [4.78, 5) is 16.6. The Hall–Kier alpha value is -4.38. The van der Waals surface area contributed by atoms with E-state index in [9.17, 15) is 9.90 Å². The molecule has 0 radical (unpaired) electrons. The van der Waals surface area contributed by atoms with Crippen LogP contribution in [-0.4, -0.2) is 20.6 Å². The van der Waals surface area contributed by atoms with Crippen molar-refractivity contribution in [3.63, 3.8) is 0 Å². The van der Waals surface area contributed by atoms with Crippen LogP contribution in [0.2, 0.25) is 0 Å². The first-order valence-corrected chi connectivity index (χ1v) is 14.1. The van der Waals surface area contributed by atoms with Crippen molar-refractivity contribution in [1.29, 1.82) is 0 Å². The number of imidazole rings is 1. The van der Waals surface area contributed by atoms with Crippen molar-refractivity contribution in [3.05, 3.63) is 107 Å². The van der Waals surface area contributed by atoms with Crippen LogP contribution in [-0.2, 0) is 6.61 Å². The molecule has 0 unspecified atom stereocenters. The molecule has 5 nitrogen and oxygen atoms in total.